The summed E-state index contributed by atoms with van der Waals surface area (Å²) in [6, 6.07) is 7.60. The smallest absolute Gasteiger partial charge is 0.254 e. The van der Waals surface area contributed by atoms with Crippen LogP contribution in [0.15, 0.2) is 48.6 Å². The molecule has 1 aliphatic heterocycles. The monoisotopic (exact) mass is 372 g/mol. The fraction of sp³-hybridized carbons (Fsp3) is 0.316. The molecule has 1 aliphatic rings. The molecule has 0 saturated heterocycles. The molecule has 3 rings (SSSR count). The quantitative estimate of drug-likeness (QED) is 0.875. The van der Waals surface area contributed by atoms with Gasteiger partial charge in [0.1, 0.15) is 0 Å². The molecule has 7 heteroatoms. The van der Waals surface area contributed by atoms with E-state index >= 15 is 0 Å². The number of anilines is 1. The molecule has 0 bridgehead atoms. The summed E-state index contributed by atoms with van der Waals surface area (Å²) in [4.78, 5) is 30.3. The van der Waals surface area contributed by atoms with Gasteiger partial charge in [-0.25, -0.2) is 4.98 Å². The van der Waals surface area contributed by atoms with E-state index in [0.29, 0.717) is 35.9 Å². The highest BCUT2D eigenvalue weighted by Crippen LogP contribution is 2.23. The van der Waals surface area contributed by atoms with Gasteiger partial charge in [0.05, 0.1) is 6.33 Å². The normalized spacial score (nSPS) is 17.2. The molecule has 26 heavy (non-hydrogen) atoms. The van der Waals surface area contributed by atoms with E-state index in [-0.39, 0.29) is 17.7 Å². The number of nitrogens with one attached hydrogen (secondary N) is 1. The van der Waals surface area contributed by atoms with Gasteiger partial charge in [-0.3, -0.25) is 9.59 Å². The maximum absolute atomic E-state index is 12.6. The van der Waals surface area contributed by atoms with Crippen LogP contribution in [0.2, 0.25) is 5.02 Å². The number of imidazole rings is 1. The Morgan fingerprint density at radius 2 is 2.23 bits per heavy atom. The number of benzene rings is 1. The zero-order chi connectivity index (χ0) is 18.7. The number of hydrogen-bond acceptors (Lipinski definition) is 3. The van der Waals surface area contributed by atoms with Crippen molar-refractivity contribution in [2.24, 2.45) is 5.92 Å². The molecular formula is C19H21ClN4O2. The summed E-state index contributed by atoms with van der Waals surface area (Å²) in [6.45, 7) is 4.93. The van der Waals surface area contributed by atoms with E-state index in [4.69, 9.17) is 11.6 Å². The Morgan fingerprint density at radius 3 is 2.96 bits per heavy atom. The number of nitrogens with zero attached hydrogens (tertiary/aromatic N) is 3. The Labute approximate surface area is 157 Å². The molecule has 6 nitrogen and oxygen atoms in total. The molecule has 0 spiro atoms. The molecule has 0 fully saturated rings. The molecular weight excluding hydrogens is 352 g/mol. The van der Waals surface area contributed by atoms with Crippen LogP contribution in [0.5, 0.6) is 0 Å². The minimum atomic E-state index is -0.226. The maximum Gasteiger partial charge on any atom is 0.254 e. The molecule has 2 aromatic rings. The molecule has 1 N–H and O–H groups in total. The van der Waals surface area contributed by atoms with Crippen LogP contribution in [-0.2, 0) is 16.1 Å². The number of hydrogen-bond donors (Lipinski definition) is 1. The van der Waals surface area contributed by atoms with Crippen LogP contribution in [0, 0.1) is 5.92 Å². The lowest BCUT2D eigenvalue weighted by molar-refractivity contribution is -0.130. The summed E-state index contributed by atoms with van der Waals surface area (Å²) >= 11 is 6.00. The van der Waals surface area contributed by atoms with Crippen LogP contribution in [0.4, 0.5) is 5.82 Å². The molecule has 0 aliphatic carbocycles. The summed E-state index contributed by atoms with van der Waals surface area (Å²) in [5, 5.41) is 3.50. The lowest BCUT2D eigenvalue weighted by Crippen LogP contribution is -2.35. The van der Waals surface area contributed by atoms with Crippen molar-refractivity contribution in [1.82, 2.24) is 14.5 Å². The first kappa shape index (κ1) is 18.2. The average Bonchev–Trinajstić information content (AvgIpc) is 3.01. The van der Waals surface area contributed by atoms with Gasteiger partial charge in [0.25, 0.3) is 5.91 Å². The van der Waals surface area contributed by atoms with Crippen molar-refractivity contribution < 1.29 is 9.59 Å². The van der Waals surface area contributed by atoms with Crippen molar-refractivity contribution in [2.45, 2.75) is 26.8 Å². The van der Waals surface area contributed by atoms with E-state index in [1.54, 1.807) is 23.6 Å². The van der Waals surface area contributed by atoms with Crippen LogP contribution in [0.1, 0.15) is 25.8 Å². The van der Waals surface area contributed by atoms with Gasteiger partial charge < -0.3 is 14.8 Å². The predicted octanol–water partition coefficient (Wildman–Crippen LogP) is 3.30. The van der Waals surface area contributed by atoms with Gasteiger partial charge in [0, 0.05) is 42.5 Å². The third kappa shape index (κ3) is 4.14. The summed E-state index contributed by atoms with van der Waals surface area (Å²) < 4.78 is 1.88. The summed E-state index contributed by atoms with van der Waals surface area (Å²) in [7, 11) is 0. The van der Waals surface area contributed by atoms with Crippen molar-refractivity contribution in [1.29, 1.82) is 0 Å². The third-order valence-electron chi connectivity index (χ3n) is 4.36. The minimum absolute atomic E-state index is 0.0438. The number of amides is 2. The number of carbonyl (C=O) groups is 2. The third-order valence-corrected chi connectivity index (χ3v) is 4.59. The summed E-state index contributed by atoms with van der Waals surface area (Å²) in [5.41, 5.74) is 1.64. The van der Waals surface area contributed by atoms with Crippen LogP contribution < -0.4 is 5.32 Å². The van der Waals surface area contributed by atoms with Crippen molar-refractivity contribution in [3.8, 4) is 0 Å². The fourth-order valence-electron chi connectivity index (χ4n) is 2.95. The van der Waals surface area contributed by atoms with Gasteiger partial charge >= 0.3 is 0 Å². The Bertz CT molecular complexity index is 859. The van der Waals surface area contributed by atoms with Crippen LogP contribution >= 0.6 is 11.6 Å². The Balaban J connectivity index is 1.68. The van der Waals surface area contributed by atoms with Crippen LogP contribution in [-0.4, -0.2) is 32.8 Å². The van der Waals surface area contributed by atoms with Crippen molar-refractivity contribution in [2.75, 3.05) is 11.9 Å². The molecule has 1 unspecified atom stereocenters. The maximum atomic E-state index is 12.6. The molecule has 1 aromatic heterocycles. The van der Waals surface area contributed by atoms with Gasteiger partial charge in [-0.05, 0) is 30.5 Å². The zero-order valence-corrected chi connectivity index (χ0v) is 15.5. The highest BCUT2D eigenvalue weighted by molar-refractivity contribution is 6.30. The van der Waals surface area contributed by atoms with Gasteiger partial charge in [-0.15, -0.1) is 0 Å². The van der Waals surface area contributed by atoms with E-state index in [2.05, 4.69) is 10.3 Å². The van der Waals surface area contributed by atoms with Crippen LogP contribution in [0.3, 0.4) is 0 Å². The van der Waals surface area contributed by atoms with E-state index in [9.17, 15) is 9.59 Å². The first-order valence-corrected chi connectivity index (χ1v) is 8.92. The summed E-state index contributed by atoms with van der Waals surface area (Å²) in [6.07, 6.45) is 5.43. The second kappa shape index (κ2) is 7.74. The van der Waals surface area contributed by atoms with E-state index in [1.165, 1.54) is 0 Å². The van der Waals surface area contributed by atoms with Gasteiger partial charge in [-0.1, -0.05) is 30.7 Å². The predicted molar refractivity (Wildman–Crippen MR) is 101 cm³/mol. The van der Waals surface area contributed by atoms with Gasteiger partial charge in [0.2, 0.25) is 5.91 Å². The second-order valence-electron chi connectivity index (χ2n) is 6.38. The molecule has 2 amide bonds. The average molecular weight is 373 g/mol. The summed E-state index contributed by atoms with van der Waals surface area (Å²) in [5.74, 6) is 0.183. The fourth-order valence-corrected chi connectivity index (χ4v) is 3.16. The second-order valence-corrected chi connectivity index (χ2v) is 6.82. The minimum Gasteiger partial charge on any atom is -0.331 e. The molecule has 1 aromatic carbocycles. The Hall–Kier alpha value is -2.60. The topological polar surface area (TPSA) is 67.2 Å². The largest absolute Gasteiger partial charge is 0.331 e. The first-order chi connectivity index (χ1) is 12.5. The molecule has 0 saturated carbocycles. The highest BCUT2D eigenvalue weighted by atomic mass is 35.5. The van der Waals surface area contributed by atoms with E-state index in [1.807, 2.05) is 42.7 Å². The lowest BCUT2D eigenvalue weighted by atomic mass is 9.94. The number of halogens is 1. The van der Waals surface area contributed by atoms with E-state index < -0.39 is 0 Å². The van der Waals surface area contributed by atoms with Crippen LogP contribution in [0.25, 0.3) is 0 Å². The van der Waals surface area contributed by atoms with Crippen molar-refractivity contribution >= 4 is 29.2 Å². The molecule has 136 valence electrons. The molecule has 0 radical (unpaired) electrons. The number of rotatable bonds is 5. The molecule has 2 heterocycles. The van der Waals surface area contributed by atoms with Crippen molar-refractivity contribution in [3.05, 3.63) is 59.1 Å². The van der Waals surface area contributed by atoms with Crippen molar-refractivity contribution in [3.63, 3.8) is 0 Å². The SMILES string of the molecule is CCN1C=C(C(=O)Nc2cn(Cc3cccc(Cl)c3)cn2)C(C)CC1=O. The Morgan fingerprint density at radius 1 is 1.42 bits per heavy atom. The van der Waals surface area contributed by atoms with E-state index in [0.717, 1.165) is 5.56 Å². The number of carbonyl (C=O) groups excluding carboxylic acids is 2. The van der Waals surface area contributed by atoms with Gasteiger partial charge in [-0.2, -0.15) is 0 Å². The van der Waals surface area contributed by atoms with Gasteiger partial charge in [0.15, 0.2) is 5.82 Å². The zero-order valence-electron chi connectivity index (χ0n) is 14.8. The Kier molecular flexibility index (Phi) is 5.42. The highest BCUT2D eigenvalue weighted by Gasteiger charge is 2.28. The first-order valence-electron chi connectivity index (χ1n) is 8.55. The molecule has 1 atom stereocenters. The standard InChI is InChI=1S/C19H21ClN4O2/c1-3-24-10-16(13(2)7-18(24)25)19(26)22-17-11-23(12-21-17)9-14-5-4-6-15(20)8-14/h4-6,8,10-13H,3,7,9H2,1-2H3,(H,22,26). The number of aromatic nitrogens is 2. The lowest BCUT2D eigenvalue weighted by Gasteiger charge is -2.27.